The minimum Gasteiger partial charge on any atom is -0.394 e. The molecular weight excluding hydrogens is 280 g/mol. The van der Waals surface area contributed by atoms with Crippen LogP contribution in [0.15, 0.2) is 16.3 Å². The number of thiophene rings is 1. The van der Waals surface area contributed by atoms with Crippen LogP contribution in [0.4, 0.5) is 0 Å². The summed E-state index contributed by atoms with van der Waals surface area (Å²) in [6.45, 7) is -2.26. The van der Waals surface area contributed by atoms with E-state index in [0.29, 0.717) is 0 Å². The van der Waals surface area contributed by atoms with Crippen LogP contribution in [0.3, 0.4) is 0 Å². The zero-order valence-corrected chi connectivity index (χ0v) is 10.8. The zero-order chi connectivity index (χ0) is 13.8. The second kappa shape index (κ2) is 5.75. The maximum atomic E-state index is 11.9. The fourth-order valence-electron chi connectivity index (χ4n) is 1.11. The van der Waals surface area contributed by atoms with E-state index in [1.165, 1.54) is 12.1 Å². The molecule has 0 amide bonds. The van der Waals surface area contributed by atoms with Gasteiger partial charge in [0.25, 0.3) is 10.0 Å². The van der Waals surface area contributed by atoms with Crippen LogP contribution in [0.5, 0.6) is 0 Å². The molecule has 0 saturated heterocycles. The van der Waals surface area contributed by atoms with Crippen molar-refractivity contribution in [1.82, 2.24) is 4.72 Å². The van der Waals surface area contributed by atoms with Crippen LogP contribution in [0.2, 0.25) is 0 Å². The predicted octanol–water partition coefficient (Wildman–Crippen LogP) is -1.39. The largest absolute Gasteiger partial charge is 0.394 e. The van der Waals surface area contributed by atoms with Crippen LogP contribution in [0, 0.1) is 11.3 Å². The van der Waals surface area contributed by atoms with Crippen molar-refractivity contribution in [2.24, 2.45) is 0 Å². The molecule has 0 fully saturated rings. The Morgan fingerprint density at radius 1 is 1.28 bits per heavy atom. The van der Waals surface area contributed by atoms with Crippen LogP contribution in [0.25, 0.3) is 0 Å². The summed E-state index contributed by atoms with van der Waals surface area (Å²) in [5, 5.41) is 35.7. The Balaban J connectivity index is 3.05. The monoisotopic (exact) mass is 292 g/mol. The summed E-state index contributed by atoms with van der Waals surface area (Å²) in [7, 11) is -4.01. The lowest BCUT2D eigenvalue weighted by Gasteiger charge is -2.27. The van der Waals surface area contributed by atoms with Crippen molar-refractivity contribution in [2.75, 3.05) is 19.8 Å². The van der Waals surface area contributed by atoms with Crippen LogP contribution in [-0.4, -0.2) is 49.1 Å². The molecule has 7 nitrogen and oxygen atoms in total. The van der Waals surface area contributed by atoms with Crippen LogP contribution < -0.4 is 4.72 Å². The number of sulfonamides is 1. The predicted molar refractivity (Wildman–Crippen MR) is 63.3 cm³/mol. The molecule has 0 radical (unpaired) electrons. The van der Waals surface area contributed by atoms with Crippen molar-refractivity contribution >= 4 is 21.4 Å². The highest BCUT2D eigenvalue weighted by Crippen LogP contribution is 2.22. The molecule has 100 valence electrons. The zero-order valence-electron chi connectivity index (χ0n) is 9.20. The molecular formula is C9H12N2O5S2. The van der Waals surface area contributed by atoms with Gasteiger partial charge in [-0.2, -0.15) is 9.98 Å². The molecule has 0 bridgehead atoms. The molecule has 9 heteroatoms. The van der Waals surface area contributed by atoms with Gasteiger partial charge in [-0.3, -0.25) is 0 Å². The first kappa shape index (κ1) is 15.0. The molecule has 0 aromatic carbocycles. The number of rotatable bonds is 6. The number of nitrogens with one attached hydrogen (secondary N) is 1. The summed E-state index contributed by atoms with van der Waals surface area (Å²) >= 11 is 0.755. The van der Waals surface area contributed by atoms with Crippen molar-refractivity contribution in [3.05, 3.63) is 17.0 Å². The summed E-state index contributed by atoms with van der Waals surface area (Å²) in [5.41, 5.74) is -1.73. The quantitative estimate of drug-likeness (QED) is 0.511. The minimum absolute atomic E-state index is 0.126. The van der Waals surface area contributed by atoms with Gasteiger partial charge in [0.15, 0.2) is 0 Å². The van der Waals surface area contributed by atoms with E-state index in [4.69, 9.17) is 20.6 Å². The average Bonchev–Trinajstić information content (AvgIpc) is 2.85. The maximum Gasteiger partial charge on any atom is 0.250 e. The van der Waals surface area contributed by atoms with E-state index >= 15 is 0 Å². The maximum absolute atomic E-state index is 11.9. The summed E-state index contributed by atoms with van der Waals surface area (Å²) in [6.07, 6.45) is 0. The number of nitrogens with zero attached hydrogens (tertiary/aromatic N) is 1. The standard InChI is InChI=1S/C9H12N2O5S2/c10-3-7-1-2-8(17-7)18(15,16)11-9(4-12,5-13)6-14/h1-2,11-14H,4-6H2. The summed E-state index contributed by atoms with van der Waals surface area (Å²) < 4.78 is 25.7. The molecule has 4 N–H and O–H groups in total. The average molecular weight is 292 g/mol. The third-order valence-corrected chi connectivity index (χ3v) is 5.28. The van der Waals surface area contributed by atoms with Crippen LogP contribution in [0.1, 0.15) is 4.88 Å². The molecule has 1 aromatic heterocycles. The lowest BCUT2D eigenvalue weighted by atomic mass is 10.1. The van der Waals surface area contributed by atoms with Crippen molar-refractivity contribution in [3.8, 4) is 6.07 Å². The van der Waals surface area contributed by atoms with Crippen molar-refractivity contribution in [3.63, 3.8) is 0 Å². The van der Waals surface area contributed by atoms with Crippen molar-refractivity contribution < 1.29 is 23.7 Å². The smallest absolute Gasteiger partial charge is 0.250 e. The van der Waals surface area contributed by atoms with Gasteiger partial charge in [-0.15, -0.1) is 11.3 Å². The Hall–Kier alpha value is -1.02. The fraction of sp³-hybridized carbons (Fsp3) is 0.444. The normalized spacial score (nSPS) is 12.3. The first-order valence-electron chi connectivity index (χ1n) is 4.79. The van der Waals surface area contributed by atoms with Gasteiger partial charge in [0, 0.05) is 0 Å². The molecule has 18 heavy (non-hydrogen) atoms. The topological polar surface area (TPSA) is 131 Å². The van der Waals surface area contributed by atoms with Gasteiger partial charge in [-0.25, -0.2) is 8.42 Å². The van der Waals surface area contributed by atoms with Crippen LogP contribution >= 0.6 is 11.3 Å². The minimum atomic E-state index is -4.01. The first-order valence-corrected chi connectivity index (χ1v) is 7.09. The molecule has 1 heterocycles. The summed E-state index contributed by atoms with van der Waals surface area (Å²) in [5.74, 6) is 0. The fourth-order valence-corrected chi connectivity index (χ4v) is 3.59. The Morgan fingerprint density at radius 3 is 2.22 bits per heavy atom. The number of aliphatic hydroxyl groups is 3. The van der Waals surface area contributed by atoms with Gasteiger partial charge >= 0.3 is 0 Å². The molecule has 0 saturated carbocycles. The second-order valence-corrected chi connectivity index (χ2v) is 6.58. The van der Waals surface area contributed by atoms with Crippen molar-refractivity contribution in [1.29, 1.82) is 5.26 Å². The number of hydrogen-bond donors (Lipinski definition) is 4. The highest BCUT2D eigenvalue weighted by atomic mass is 32.2. The van der Waals surface area contributed by atoms with Crippen molar-refractivity contribution in [2.45, 2.75) is 9.75 Å². The Bertz CT molecular complexity index is 533. The van der Waals surface area contributed by atoms with Crippen LogP contribution in [-0.2, 0) is 10.0 Å². The molecule has 1 aromatic rings. The van der Waals surface area contributed by atoms with Gasteiger partial charge in [0.2, 0.25) is 0 Å². The molecule has 0 aliphatic rings. The third kappa shape index (κ3) is 3.05. The second-order valence-electron chi connectivity index (χ2n) is 3.59. The lowest BCUT2D eigenvalue weighted by Crippen LogP contribution is -2.56. The van der Waals surface area contributed by atoms with Gasteiger partial charge < -0.3 is 15.3 Å². The lowest BCUT2D eigenvalue weighted by molar-refractivity contribution is 0.0582. The highest BCUT2D eigenvalue weighted by Gasteiger charge is 2.34. The Morgan fingerprint density at radius 2 is 1.83 bits per heavy atom. The Kier molecular flexibility index (Phi) is 4.80. The molecule has 0 spiro atoms. The number of aliphatic hydroxyl groups excluding tert-OH is 3. The van der Waals surface area contributed by atoms with Gasteiger partial charge in [0.05, 0.1) is 19.8 Å². The summed E-state index contributed by atoms with van der Waals surface area (Å²) in [4.78, 5) is 0.220. The molecule has 0 aliphatic heterocycles. The van der Waals surface area contributed by atoms with E-state index in [-0.39, 0.29) is 9.09 Å². The SMILES string of the molecule is N#Cc1ccc(S(=O)(=O)NC(CO)(CO)CO)s1. The molecule has 0 unspecified atom stereocenters. The third-order valence-electron chi connectivity index (χ3n) is 2.22. The van der Waals surface area contributed by atoms with E-state index in [1.54, 1.807) is 6.07 Å². The Labute approximate surface area is 108 Å². The van der Waals surface area contributed by atoms with E-state index in [0.717, 1.165) is 11.3 Å². The number of nitriles is 1. The summed E-state index contributed by atoms with van der Waals surface area (Å²) in [6, 6.07) is 4.39. The van der Waals surface area contributed by atoms with E-state index in [2.05, 4.69) is 0 Å². The number of hydrogen-bond acceptors (Lipinski definition) is 7. The molecule has 0 atom stereocenters. The van der Waals surface area contributed by atoms with E-state index in [1.807, 2.05) is 4.72 Å². The molecule has 1 rings (SSSR count). The highest BCUT2D eigenvalue weighted by molar-refractivity contribution is 7.91. The van der Waals surface area contributed by atoms with E-state index in [9.17, 15) is 8.42 Å². The van der Waals surface area contributed by atoms with Gasteiger partial charge in [-0.1, -0.05) is 0 Å². The van der Waals surface area contributed by atoms with E-state index < -0.39 is 35.4 Å². The van der Waals surface area contributed by atoms with Gasteiger partial charge in [-0.05, 0) is 12.1 Å². The first-order chi connectivity index (χ1) is 8.43. The molecule has 0 aliphatic carbocycles. The van der Waals surface area contributed by atoms with Gasteiger partial charge in [0.1, 0.15) is 20.7 Å².